The Morgan fingerprint density at radius 2 is 1.68 bits per heavy atom. The first kappa shape index (κ1) is 18.3. The molecule has 0 spiro atoms. The maximum Gasteiger partial charge on any atom is 0.0543 e. The highest BCUT2D eigenvalue weighted by Crippen LogP contribution is 2.66. The van der Waals surface area contributed by atoms with E-state index < -0.39 is 0 Å². The van der Waals surface area contributed by atoms with E-state index in [9.17, 15) is 5.11 Å². The van der Waals surface area contributed by atoms with E-state index in [1.807, 2.05) is 0 Å². The standard InChI is InChI=1S/C22H40N2O/c1-21-10-8-16(25)14-15(21)4-5-17-18-6-7-20(24(3)13-12-23)22(18,2)11-9-19(17)21/h15-20,25H,4-14,23H2,1-3H3/t15-,16+,17+,18+,19+,20+,21+,22+/m1/s1. The van der Waals surface area contributed by atoms with E-state index in [2.05, 4.69) is 25.8 Å². The topological polar surface area (TPSA) is 49.5 Å². The highest BCUT2D eigenvalue weighted by molar-refractivity contribution is 5.11. The van der Waals surface area contributed by atoms with Crippen LogP contribution in [0.2, 0.25) is 0 Å². The number of aliphatic hydroxyl groups is 1. The third-order valence-electron chi connectivity index (χ3n) is 9.60. The molecule has 8 atom stereocenters. The van der Waals surface area contributed by atoms with Gasteiger partial charge in [-0.05, 0) is 99.3 Å². The van der Waals surface area contributed by atoms with Crippen molar-refractivity contribution in [1.82, 2.24) is 4.90 Å². The van der Waals surface area contributed by atoms with Gasteiger partial charge in [-0.1, -0.05) is 13.8 Å². The molecule has 0 aromatic heterocycles. The molecule has 0 aromatic rings. The molecular weight excluding hydrogens is 308 g/mol. The smallest absolute Gasteiger partial charge is 0.0543 e. The zero-order chi connectivity index (χ0) is 17.8. The lowest BCUT2D eigenvalue weighted by Crippen LogP contribution is -2.56. The Kier molecular flexibility index (Phi) is 4.74. The summed E-state index contributed by atoms with van der Waals surface area (Å²) in [5.74, 6) is 3.54. The van der Waals surface area contributed by atoms with Gasteiger partial charge >= 0.3 is 0 Å². The van der Waals surface area contributed by atoms with Gasteiger partial charge in [-0.2, -0.15) is 0 Å². The summed E-state index contributed by atoms with van der Waals surface area (Å²) in [5, 5.41) is 10.2. The Bertz CT molecular complexity index is 496. The lowest BCUT2D eigenvalue weighted by molar-refractivity contribution is -0.128. The molecule has 3 N–H and O–H groups in total. The van der Waals surface area contributed by atoms with Gasteiger partial charge in [0.15, 0.2) is 0 Å². The summed E-state index contributed by atoms with van der Waals surface area (Å²) in [6, 6.07) is 0.737. The Labute approximate surface area is 154 Å². The van der Waals surface area contributed by atoms with Crippen LogP contribution in [0.5, 0.6) is 0 Å². The molecule has 0 bridgehead atoms. The van der Waals surface area contributed by atoms with E-state index in [4.69, 9.17) is 5.73 Å². The van der Waals surface area contributed by atoms with Crippen LogP contribution in [0.3, 0.4) is 0 Å². The van der Waals surface area contributed by atoms with E-state index in [0.29, 0.717) is 10.8 Å². The minimum atomic E-state index is -0.0238. The summed E-state index contributed by atoms with van der Waals surface area (Å²) in [4.78, 5) is 2.57. The minimum Gasteiger partial charge on any atom is -0.393 e. The third kappa shape index (κ3) is 2.72. The number of nitrogens with zero attached hydrogens (tertiary/aromatic N) is 1. The van der Waals surface area contributed by atoms with Crippen LogP contribution in [-0.2, 0) is 0 Å². The first-order chi connectivity index (χ1) is 11.9. The van der Waals surface area contributed by atoms with E-state index in [1.165, 1.54) is 44.9 Å². The van der Waals surface area contributed by atoms with Gasteiger partial charge in [0.1, 0.15) is 0 Å². The minimum absolute atomic E-state index is 0.0238. The molecule has 4 saturated carbocycles. The molecular formula is C22H40N2O. The molecule has 4 aliphatic carbocycles. The predicted molar refractivity (Wildman–Crippen MR) is 103 cm³/mol. The predicted octanol–water partition coefficient (Wildman–Crippen LogP) is 3.65. The van der Waals surface area contributed by atoms with Gasteiger partial charge in [0, 0.05) is 19.1 Å². The average Bonchev–Trinajstić information content (AvgIpc) is 2.93. The Morgan fingerprint density at radius 3 is 2.44 bits per heavy atom. The van der Waals surface area contributed by atoms with Crippen LogP contribution >= 0.6 is 0 Å². The zero-order valence-corrected chi connectivity index (χ0v) is 16.7. The molecule has 0 aromatic carbocycles. The van der Waals surface area contributed by atoms with Gasteiger partial charge in [0.05, 0.1) is 6.10 Å². The molecule has 3 heteroatoms. The van der Waals surface area contributed by atoms with Crippen molar-refractivity contribution in [2.24, 2.45) is 40.2 Å². The Hall–Kier alpha value is -0.120. The molecule has 0 saturated heterocycles. The number of likely N-dealkylation sites (N-methyl/N-ethyl adjacent to an activating group) is 1. The number of aliphatic hydroxyl groups excluding tert-OH is 1. The molecule has 25 heavy (non-hydrogen) atoms. The quantitative estimate of drug-likeness (QED) is 0.818. The van der Waals surface area contributed by atoms with Crippen LogP contribution in [0.4, 0.5) is 0 Å². The summed E-state index contributed by atoms with van der Waals surface area (Å²) >= 11 is 0. The maximum atomic E-state index is 10.2. The number of hydrogen-bond donors (Lipinski definition) is 2. The fraction of sp³-hybridized carbons (Fsp3) is 1.00. The normalized spacial score (nSPS) is 52.6. The molecule has 0 radical (unpaired) electrons. The van der Waals surface area contributed by atoms with E-state index in [1.54, 1.807) is 0 Å². The molecule has 4 fully saturated rings. The SMILES string of the molecule is CN(CCN)[C@H]1CC[C@H]2[C@@H]3CC[C@@H]4C[C@@H](O)CC[C@]4(C)[C@H]3CC[C@]12C. The largest absolute Gasteiger partial charge is 0.393 e. The van der Waals surface area contributed by atoms with Crippen LogP contribution in [-0.4, -0.2) is 42.3 Å². The van der Waals surface area contributed by atoms with Crippen molar-refractivity contribution in [2.75, 3.05) is 20.1 Å². The summed E-state index contributed by atoms with van der Waals surface area (Å²) in [5.41, 5.74) is 6.86. The van der Waals surface area contributed by atoms with E-state index >= 15 is 0 Å². The van der Waals surface area contributed by atoms with Crippen LogP contribution in [0.25, 0.3) is 0 Å². The molecule has 0 aliphatic heterocycles. The van der Waals surface area contributed by atoms with Crippen molar-refractivity contribution >= 4 is 0 Å². The maximum absolute atomic E-state index is 10.2. The molecule has 0 heterocycles. The van der Waals surface area contributed by atoms with E-state index in [-0.39, 0.29) is 6.10 Å². The van der Waals surface area contributed by atoms with E-state index in [0.717, 1.165) is 55.6 Å². The molecule has 4 aliphatic rings. The Morgan fingerprint density at radius 1 is 0.960 bits per heavy atom. The van der Waals surface area contributed by atoms with Crippen molar-refractivity contribution < 1.29 is 5.11 Å². The number of hydrogen-bond acceptors (Lipinski definition) is 3. The molecule has 3 nitrogen and oxygen atoms in total. The number of fused-ring (bicyclic) bond motifs is 5. The summed E-state index contributed by atoms with van der Waals surface area (Å²) in [7, 11) is 2.30. The van der Waals surface area contributed by atoms with Crippen molar-refractivity contribution in [3.63, 3.8) is 0 Å². The second-order valence-corrected chi connectivity index (χ2v) is 10.5. The molecule has 0 amide bonds. The molecule has 144 valence electrons. The summed E-state index contributed by atoms with van der Waals surface area (Å²) < 4.78 is 0. The van der Waals surface area contributed by atoms with Gasteiger partial charge in [-0.25, -0.2) is 0 Å². The van der Waals surface area contributed by atoms with Crippen LogP contribution in [0, 0.1) is 34.5 Å². The number of rotatable bonds is 3. The first-order valence-electron chi connectivity index (χ1n) is 11.0. The second-order valence-electron chi connectivity index (χ2n) is 10.5. The summed E-state index contributed by atoms with van der Waals surface area (Å²) in [6.07, 6.45) is 11.8. The zero-order valence-electron chi connectivity index (χ0n) is 16.7. The van der Waals surface area contributed by atoms with Gasteiger partial charge in [-0.3, -0.25) is 0 Å². The van der Waals surface area contributed by atoms with Crippen molar-refractivity contribution in [1.29, 1.82) is 0 Å². The van der Waals surface area contributed by atoms with Gasteiger partial charge in [0.2, 0.25) is 0 Å². The first-order valence-corrected chi connectivity index (χ1v) is 11.0. The van der Waals surface area contributed by atoms with Gasteiger partial charge in [-0.15, -0.1) is 0 Å². The van der Waals surface area contributed by atoms with Crippen LogP contribution in [0.15, 0.2) is 0 Å². The van der Waals surface area contributed by atoms with Crippen LogP contribution in [0.1, 0.15) is 71.6 Å². The van der Waals surface area contributed by atoms with Crippen molar-refractivity contribution in [3.8, 4) is 0 Å². The average molecular weight is 349 g/mol. The van der Waals surface area contributed by atoms with Gasteiger partial charge < -0.3 is 15.7 Å². The lowest BCUT2D eigenvalue weighted by Gasteiger charge is -2.61. The third-order valence-corrected chi connectivity index (χ3v) is 9.60. The lowest BCUT2D eigenvalue weighted by atomic mass is 9.45. The monoisotopic (exact) mass is 348 g/mol. The highest BCUT2D eigenvalue weighted by Gasteiger charge is 2.60. The second kappa shape index (κ2) is 6.49. The summed E-state index contributed by atoms with van der Waals surface area (Å²) in [6.45, 7) is 7.02. The fourth-order valence-electron chi connectivity index (χ4n) is 8.29. The van der Waals surface area contributed by atoms with Crippen molar-refractivity contribution in [3.05, 3.63) is 0 Å². The fourth-order valence-corrected chi connectivity index (χ4v) is 8.29. The van der Waals surface area contributed by atoms with Gasteiger partial charge in [0.25, 0.3) is 0 Å². The van der Waals surface area contributed by atoms with Crippen molar-refractivity contribution in [2.45, 2.75) is 83.8 Å². The highest BCUT2D eigenvalue weighted by atomic mass is 16.3. The molecule has 4 rings (SSSR count). The van der Waals surface area contributed by atoms with Crippen LogP contribution < -0.4 is 5.73 Å². The Balaban J connectivity index is 1.56. The molecule has 0 unspecified atom stereocenters. The number of nitrogens with two attached hydrogens (primary N) is 1.